The predicted octanol–water partition coefficient (Wildman–Crippen LogP) is 6.33. The third kappa shape index (κ3) is 4.46. The number of rotatable bonds is 8. The Morgan fingerprint density at radius 1 is 0.861 bits per heavy atom. The number of ether oxygens (including phenoxy) is 2. The van der Waals surface area contributed by atoms with E-state index in [2.05, 4.69) is 22.8 Å². The highest BCUT2D eigenvalue weighted by Crippen LogP contribution is 2.31. The summed E-state index contributed by atoms with van der Waals surface area (Å²) in [6.07, 6.45) is 1.80. The van der Waals surface area contributed by atoms with Crippen molar-refractivity contribution < 1.29 is 9.47 Å². The fourth-order valence-corrected chi connectivity index (χ4v) is 4.24. The van der Waals surface area contributed by atoms with E-state index in [9.17, 15) is 0 Å². The van der Waals surface area contributed by atoms with Crippen molar-refractivity contribution in [3.05, 3.63) is 96.3 Å². The molecule has 36 heavy (non-hydrogen) atoms. The van der Waals surface area contributed by atoms with Crippen LogP contribution in [0.15, 0.2) is 91.5 Å². The normalized spacial score (nSPS) is 10.8. The van der Waals surface area contributed by atoms with E-state index in [0.717, 1.165) is 51.1 Å². The minimum absolute atomic E-state index is 0.562. The number of nitrogens with one attached hydrogen (secondary N) is 1. The summed E-state index contributed by atoms with van der Waals surface area (Å²) in [5.74, 6) is 2.37. The van der Waals surface area contributed by atoms with Crippen molar-refractivity contribution in [3.8, 4) is 51.1 Å². The summed E-state index contributed by atoms with van der Waals surface area (Å²) in [7, 11) is 3.32. The molecule has 0 saturated carbocycles. The molecule has 5 rings (SSSR count). The van der Waals surface area contributed by atoms with Crippen molar-refractivity contribution in [3.63, 3.8) is 0 Å². The second-order valence-corrected chi connectivity index (χ2v) is 8.47. The minimum atomic E-state index is 0.562. The lowest BCUT2D eigenvalue weighted by atomic mass is 10.1. The van der Waals surface area contributed by atoms with Crippen molar-refractivity contribution in [2.75, 3.05) is 14.2 Å². The second-order valence-electron chi connectivity index (χ2n) is 8.08. The van der Waals surface area contributed by atoms with E-state index in [-0.39, 0.29) is 0 Å². The number of benzene rings is 3. The quantitative estimate of drug-likeness (QED) is 0.201. The van der Waals surface area contributed by atoms with Gasteiger partial charge in [0.1, 0.15) is 11.5 Å². The first-order chi connectivity index (χ1) is 17.6. The molecule has 0 aliphatic rings. The molecule has 0 radical (unpaired) electrons. The van der Waals surface area contributed by atoms with E-state index in [4.69, 9.17) is 26.8 Å². The first-order valence-corrected chi connectivity index (χ1v) is 11.8. The first-order valence-electron chi connectivity index (χ1n) is 11.4. The zero-order chi connectivity index (χ0) is 25.1. The maximum atomic E-state index is 5.36. The molecule has 1 N–H and O–H groups in total. The topological polar surface area (TPSA) is 69.9 Å². The molecule has 0 spiro atoms. The molecule has 0 bridgehead atoms. The van der Waals surface area contributed by atoms with Gasteiger partial charge in [0, 0.05) is 23.2 Å². The van der Waals surface area contributed by atoms with Crippen LogP contribution in [0.25, 0.3) is 39.6 Å². The number of H-pyrrole nitrogens is 1. The van der Waals surface area contributed by atoms with Gasteiger partial charge < -0.3 is 9.47 Å². The third-order valence-electron chi connectivity index (χ3n) is 5.92. The Morgan fingerprint density at radius 2 is 1.44 bits per heavy atom. The van der Waals surface area contributed by atoms with Crippen LogP contribution < -0.4 is 9.47 Å². The van der Waals surface area contributed by atoms with Gasteiger partial charge in [-0.05, 0) is 91.1 Å². The smallest absolute Gasteiger partial charge is 0.195 e. The van der Waals surface area contributed by atoms with Gasteiger partial charge in [-0.1, -0.05) is 6.08 Å². The lowest BCUT2D eigenvalue weighted by Gasteiger charge is -2.10. The van der Waals surface area contributed by atoms with E-state index in [1.54, 1.807) is 20.3 Å². The molecule has 2 heterocycles. The Morgan fingerprint density at radius 3 is 2.03 bits per heavy atom. The average Bonchev–Trinajstić information content (AvgIpc) is 3.53. The van der Waals surface area contributed by atoms with Crippen LogP contribution in [-0.2, 0) is 6.54 Å². The number of methoxy groups -OCH3 is 2. The molecule has 0 saturated heterocycles. The van der Waals surface area contributed by atoms with Crippen LogP contribution >= 0.6 is 12.2 Å². The van der Waals surface area contributed by atoms with E-state index in [1.807, 2.05) is 82.0 Å². The number of aromatic amines is 1. The Balaban J connectivity index is 1.58. The number of allylic oxidation sites excluding steroid dienone is 1. The molecular weight excluding hydrogens is 470 g/mol. The Kier molecular flexibility index (Phi) is 6.51. The number of nitrogens with zero attached hydrogens (tertiary/aromatic N) is 4. The molecule has 0 aliphatic heterocycles. The van der Waals surface area contributed by atoms with Gasteiger partial charge >= 0.3 is 0 Å². The fraction of sp³-hybridized carbons (Fsp3) is 0.107. The predicted molar refractivity (Wildman–Crippen MR) is 144 cm³/mol. The zero-order valence-electron chi connectivity index (χ0n) is 20.0. The third-order valence-corrected chi connectivity index (χ3v) is 6.23. The highest BCUT2D eigenvalue weighted by molar-refractivity contribution is 7.71. The van der Waals surface area contributed by atoms with Gasteiger partial charge in [0.15, 0.2) is 10.6 Å². The molecule has 8 heteroatoms. The van der Waals surface area contributed by atoms with Crippen LogP contribution in [0.3, 0.4) is 0 Å². The molecule has 180 valence electrons. The van der Waals surface area contributed by atoms with Crippen LogP contribution in [0.5, 0.6) is 11.5 Å². The average molecular weight is 496 g/mol. The highest BCUT2D eigenvalue weighted by Gasteiger charge is 2.15. The van der Waals surface area contributed by atoms with Gasteiger partial charge in [-0.2, -0.15) is 10.2 Å². The molecule has 0 amide bonds. The number of aromatic nitrogens is 5. The second kappa shape index (κ2) is 10.1. The van der Waals surface area contributed by atoms with E-state index >= 15 is 0 Å². The SMILES string of the molecule is C=CCn1c(-c2ccc(-n3nc(-c4ccc(OC)cc4)cc3-c3ccc(OC)cc3)cc2)n[nH]c1=S. The van der Waals surface area contributed by atoms with Crippen molar-refractivity contribution in [2.45, 2.75) is 6.54 Å². The Hall–Kier alpha value is -4.43. The van der Waals surface area contributed by atoms with Gasteiger partial charge in [-0.3, -0.25) is 9.67 Å². The molecule has 0 atom stereocenters. The molecule has 2 aromatic heterocycles. The molecule has 0 aliphatic carbocycles. The van der Waals surface area contributed by atoms with Crippen LogP contribution in [0.1, 0.15) is 0 Å². The van der Waals surface area contributed by atoms with E-state index in [0.29, 0.717) is 11.3 Å². The highest BCUT2D eigenvalue weighted by atomic mass is 32.1. The Bertz CT molecular complexity index is 1550. The molecule has 0 fully saturated rings. The summed E-state index contributed by atoms with van der Waals surface area (Å²) in [6, 6.07) is 26.0. The van der Waals surface area contributed by atoms with Crippen molar-refractivity contribution in [1.29, 1.82) is 0 Å². The number of hydrogen-bond donors (Lipinski definition) is 1. The lowest BCUT2D eigenvalue weighted by Crippen LogP contribution is -2.01. The number of hydrogen-bond acceptors (Lipinski definition) is 5. The summed E-state index contributed by atoms with van der Waals surface area (Å²) in [6.45, 7) is 4.40. The molecule has 7 nitrogen and oxygen atoms in total. The van der Waals surface area contributed by atoms with Crippen molar-refractivity contribution in [2.24, 2.45) is 0 Å². The van der Waals surface area contributed by atoms with Gasteiger partial charge in [0.25, 0.3) is 0 Å². The standard InChI is InChI=1S/C28H25N5O2S/c1-4-17-32-27(29-30-28(32)36)21-5-11-22(12-6-21)33-26(20-9-15-24(35-3)16-10-20)18-25(31-33)19-7-13-23(34-2)14-8-19/h4-16,18H,1,17H2,2-3H3,(H,30,36). The van der Waals surface area contributed by atoms with Crippen LogP contribution in [0, 0.1) is 4.77 Å². The van der Waals surface area contributed by atoms with Crippen LogP contribution in [0.2, 0.25) is 0 Å². The molecule has 0 unspecified atom stereocenters. The zero-order valence-corrected chi connectivity index (χ0v) is 20.8. The van der Waals surface area contributed by atoms with Gasteiger partial charge in [0.05, 0.1) is 31.3 Å². The fourth-order valence-electron chi connectivity index (χ4n) is 4.04. The first kappa shape index (κ1) is 23.3. The maximum Gasteiger partial charge on any atom is 0.195 e. The van der Waals surface area contributed by atoms with E-state index in [1.165, 1.54) is 0 Å². The molecule has 5 aromatic rings. The monoisotopic (exact) mass is 495 g/mol. The van der Waals surface area contributed by atoms with Gasteiger partial charge in [-0.15, -0.1) is 6.58 Å². The molecule has 3 aromatic carbocycles. The summed E-state index contributed by atoms with van der Waals surface area (Å²) < 4.78 is 15.1. The summed E-state index contributed by atoms with van der Waals surface area (Å²) in [4.78, 5) is 0. The largest absolute Gasteiger partial charge is 0.497 e. The summed E-state index contributed by atoms with van der Waals surface area (Å²) in [5, 5.41) is 12.2. The van der Waals surface area contributed by atoms with Crippen LogP contribution in [-0.4, -0.2) is 38.8 Å². The minimum Gasteiger partial charge on any atom is -0.497 e. The van der Waals surface area contributed by atoms with Gasteiger partial charge in [0.2, 0.25) is 0 Å². The Labute approximate surface area is 214 Å². The molecular formula is C28H25N5O2S. The lowest BCUT2D eigenvalue weighted by molar-refractivity contribution is 0.414. The summed E-state index contributed by atoms with van der Waals surface area (Å²) >= 11 is 5.36. The van der Waals surface area contributed by atoms with Crippen molar-refractivity contribution >= 4 is 12.2 Å². The van der Waals surface area contributed by atoms with Gasteiger partial charge in [-0.25, -0.2) is 4.68 Å². The van der Waals surface area contributed by atoms with Crippen LogP contribution in [0.4, 0.5) is 0 Å². The van der Waals surface area contributed by atoms with Crippen molar-refractivity contribution in [1.82, 2.24) is 24.5 Å². The summed E-state index contributed by atoms with van der Waals surface area (Å²) in [5.41, 5.74) is 5.72. The van der Waals surface area contributed by atoms with E-state index < -0.39 is 0 Å². The maximum absolute atomic E-state index is 5.36.